The van der Waals surface area contributed by atoms with Crippen molar-refractivity contribution >= 4 is 5.91 Å². The number of nitrogens with zero attached hydrogens (tertiary/aromatic N) is 1. The van der Waals surface area contributed by atoms with Crippen molar-refractivity contribution in [2.45, 2.75) is 58.3 Å². The smallest absolute Gasteiger partial charge is 0.237 e. The van der Waals surface area contributed by atoms with E-state index in [1.807, 2.05) is 0 Å². The lowest BCUT2D eigenvalue weighted by Crippen LogP contribution is -2.51. The molecule has 19 heavy (non-hydrogen) atoms. The number of benzene rings is 1. The number of nitrogens with one attached hydrogen (secondary N) is 1. The molecule has 1 aromatic carbocycles. The summed E-state index contributed by atoms with van der Waals surface area (Å²) in [5, 5.41) is 3.07. The van der Waals surface area contributed by atoms with Gasteiger partial charge in [-0.1, -0.05) is 25.1 Å². The van der Waals surface area contributed by atoms with E-state index in [1.54, 1.807) is 0 Å². The molecule has 102 valence electrons. The summed E-state index contributed by atoms with van der Waals surface area (Å²) in [4.78, 5) is 14.4. The van der Waals surface area contributed by atoms with E-state index >= 15 is 0 Å². The minimum Gasteiger partial charge on any atom is -0.352 e. The van der Waals surface area contributed by atoms with Crippen molar-refractivity contribution in [1.29, 1.82) is 0 Å². The van der Waals surface area contributed by atoms with Gasteiger partial charge in [0, 0.05) is 19.1 Å². The SMILES string of the molecule is CCc1ccc2c(c1)CN(C1CCC(C)NC1=O)C2. The van der Waals surface area contributed by atoms with Crippen LogP contribution in [0.3, 0.4) is 0 Å². The van der Waals surface area contributed by atoms with Gasteiger partial charge in [-0.25, -0.2) is 0 Å². The first-order valence-corrected chi connectivity index (χ1v) is 7.32. The Morgan fingerprint density at radius 1 is 1.26 bits per heavy atom. The zero-order chi connectivity index (χ0) is 13.4. The van der Waals surface area contributed by atoms with Crippen LogP contribution in [0.4, 0.5) is 0 Å². The van der Waals surface area contributed by atoms with Crippen LogP contribution in [0.2, 0.25) is 0 Å². The molecule has 0 spiro atoms. The van der Waals surface area contributed by atoms with Crippen molar-refractivity contribution in [2.75, 3.05) is 0 Å². The van der Waals surface area contributed by atoms with Crippen LogP contribution < -0.4 is 5.32 Å². The zero-order valence-corrected chi connectivity index (χ0v) is 11.8. The number of piperidine rings is 1. The largest absolute Gasteiger partial charge is 0.352 e. The molecule has 2 unspecified atom stereocenters. The Kier molecular flexibility index (Phi) is 3.31. The lowest BCUT2D eigenvalue weighted by Gasteiger charge is -2.32. The fraction of sp³-hybridized carbons (Fsp3) is 0.562. The Labute approximate surface area is 115 Å². The first kappa shape index (κ1) is 12.7. The summed E-state index contributed by atoms with van der Waals surface area (Å²) < 4.78 is 0. The van der Waals surface area contributed by atoms with Gasteiger partial charge in [0.1, 0.15) is 0 Å². The first-order chi connectivity index (χ1) is 9.17. The predicted molar refractivity (Wildman–Crippen MR) is 75.7 cm³/mol. The van der Waals surface area contributed by atoms with Gasteiger partial charge in [-0.2, -0.15) is 0 Å². The Morgan fingerprint density at radius 2 is 2.05 bits per heavy atom. The molecule has 3 nitrogen and oxygen atoms in total. The number of amides is 1. The third-order valence-corrected chi connectivity index (χ3v) is 4.43. The number of carbonyl (C=O) groups is 1. The number of aryl methyl sites for hydroxylation is 1. The highest BCUT2D eigenvalue weighted by atomic mass is 16.2. The van der Waals surface area contributed by atoms with E-state index in [0.717, 1.165) is 32.4 Å². The lowest BCUT2D eigenvalue weighted by molar-refractivity contribution is -0.129. The second-order valence-corrected chi connectivity index (χ2v) is 5.86. The van der Waals surface area contributed by atoms with Crippen molar-refractivity contribution < 1.29 is 4.79 Å². The topological polar surface area (TPSA) is 32.3 Å². The van der Waals surface area contributed by atoms with Crippen LogP contribution >= 0.6 is 0 Å². The second kappa shape index (κ2) is 4.97. The highest BCUT2D eigenvalue weighted by Gasteiger charge is 2.33. The van der Waals surface area contributed by atoms with Gasteiger partial charge in [-0.3, -0.25) is 9.69 Å². The Bertz CT molecular complexity index is 498. The van der Waals surface area contributed by atoms with Gasteiger partial charge in [0.15, 0.2) is 0 Å². The summed E-state index contributed by atoms with van der Waals surface area (Å²) >= 11 is 0. The fourth-order valence-corrected chi connectivity index (χ4v) is 3.21. The summed E-state index contributed by atoms with van der Waals surface area (Å²) in [5.74, 6) is 0.210. The Morgan fingerprint density at radius 3 is 2.79 bits per heavy atom. The molecule has 0 aromatic heterocycles. The van der Waals surface area contributed by atoms with E-state index in [0.29, 0.717) is 6.04 Å². The van der Waals surface area contributed by atoms with Crippen LogP contribution in [0.1, 0.15) is 43.4 Å². The molecule has 1 fully saturated rings. The monoisotopic (exact) mass is 258 g/mol. The Balaban J connectivity index is 1.74. The summed E-state index contributed by atoms with van der Waals surface area (Å²) in [5.41, 5.74) is 4.19. The maximum atomic E-state index is 12.1. The third-order valence-electron chi connectivity index (χ3n) is 4.43. The molecular formula is C16H22N2O. The van der Waals surface area contributed by atoms with Crippen molar-refractivity contribution in [1.82, 2.24) is 10.2 Å². The highest BCUT2D eigenvalue weighted by molar-refractivity contribution is 5.82. The fourth-order valence-electron chi connectivity index (χ4n) is 3.21. The van der Waals surface area contributed by atoms with Gasteiger partial charge in [0.25, 0.3) is 0 Å². The predicted octanol–water partition coefficient (Wildman–Crippen LogP) is 2.23. The van der Waals surface area contributed by atoms with Gasteiger partial charge in [-0.15, -0.1) is 0 Å². The number of fused-ring (bicyclic) bond motifs is 1. The van der Waals surface area contributed by atoms with Crippen LogP contribution in [-0.2, 0) is 24.3 Å². The molecule has 0 bridgehead atoms. The molecule has 0 saturated carbocycles. The maximum absolute atomic E-state index is 12.1. The minimum atomic E-state index is 0.0636. The van der Waals surface area contributed by atoms with E-state index in [2.05, 4.69) is 42.3 Å². The van der Waals surface area contributed by atoms with E-state index < -0.39 is 0 Å². The van der Waals surface area contributed by atoms with E-state index in [-0.39, 0.29) is 11.9 Å². The van der Waals surface area contributed by atoms with Gasteiger partial charge in [-0.05, 0) is 42.9 Å². The quantitative estimate of drug-likeness (QED) is 0.882. The molecule has 2 atom stereocenters. The molecule has 1 N–H and O–H groups in total. The third kappa shape index (κ3) is 2.39. The first-order valence-electron chi connectivity index (χ1n) is 7.32. The number of hydrogen-bond donors (Lipinski definition) is 1. The van der Waals surface area contributed by atoms with Crippen LogP contribution in [-0.4, -0.2) is 22.9 Å². The van der Waals surface area contributed by atoms with Crippen molar-refractivity contribution in [3.8, 4) is 0 Å². The van der Waals surface area contributed by atoms with Crippen molar-refractivity contribution in [2.24, 2.45) is 0 Å². The minimum absolute atomic E-state index is 0.0636. The van der Waals surface area contributed by atoms with Gasteiger partial charge in [0.2, 0.25) is 5.91 Å². The molecule has 1 saturated heterocycles. The molecule has 2 heterocycles. The number of carbonyl (C=O) groups excluding carboxylic acids is 1. The molecule has 3 heteroatoms. The molecule has 0 aliphatic carbocycles. The highest BCUT2D eigenvalue weighted by Crippen LogP contribution is 2.28. The molecule has 2 aliphatic heterocycles. The van der Waals surface area contributed by atoms with E-state index in [1.165, 1.54) is 16.7 Å². The summed E-state index contributed by atoms with van der Waals surface area (Å²) in [6.45, 7) is 6.12. The van der Waals surface area contributed by atoms with Crippen LogP contribution in [0.15, 0.2) is 18.2 Å². The number of hydrogen-bond acceptors (Lipinski definition) is 2. The average molecular weight is 258 g/mol. The van der Waals surface area contributed by atoms with Gasteiger partial charge >= 0.3 is 0 Å². The molecule has 3 rings (SSSR count). The number of rotatable bonds is 2. The standard InChI is InChI=1S/C16H22N2O/c1-3-12-5-6-13-9-18(10-14(13)8-12)15-7-4-11(2)17-16(15)19/h5-6,8,11,15H,3-4,7,9-10H2,1-2H3,(H,17,19). The molecule has 1 aromatic rings. The average Bonchev–Trinajstić information content (AvgIpc) is 2.80. The summed E-state index contributed by atoms with van der Waals surface area (Å²) in [6, 6.07) is 7.15. The molecule has 1 amide bonds. The van der Waals surface area contributed by atoms with Gasteiger partial charge in [0.05, 0.1) is 6.04 Å². The molecule has 0 radical (unpaired) electrons. The van der Waals surface area contributed by atoms with Crippen LogP contribution in [0, 0.1) is 0 Å². The lowest BCUT2D eigenvalue weighted by atomic mass is 10.00. The van der Waals surface area contributed by atoms with Crippen molar-refractivity contribution in [3.05, 3.63) is 34.9 Å². The summed E-state index contributed by atoms with van der Waals surface area (Å²) in [6.07, 6.45) is 3.15. The van der Waals surface area contributed by atoms with Gasteiger partial charge < -0.3 is 5.32 Å². The van der Waals surface area contributed by atoms with E-state index in [9.17, 15) is 4.79 Å². The normalized spacial score (nSPS) is 27.2. The van der Waals surface area contributed by atoms with Crippen LogP contribution in [0.5, 0.6) is 0 Å². The zero-order valence-electron chi connectivity index (χ0n) is 11.8. The van der Waals surface area contributed by atoms with Crippen LogP contribution in [0.25, 0.3) is 0 Å². The summed E-state index contributed by atoms with van der Waals surface area (Å²) in [7, 11) is 0. The Hall–Kier alpha value is -1.35. The second-order valence-electron chi connectivity index (χ2n) is 5.86. The van der Waals surface area contributed by atoms with E-state index in [4.69, 9.17) is 0 Å². The molecule has 2 aliphatic rings. The van der Waals surface area contributed by atoms with Crippen molar-refractivity contribution in [3.63, 3.8) is 0 Å². The molecular weight excluding hydrogens is 236 g/mol. The maximum Gasteiger partial charge on any atom is 0.237 e.